The highest BCUT2D eigenvalue weighted by Gasteiger charge is 2.71. The first kappa shape index (κ1) is 43.8. The van der Waals surface area contributed by atoms with Crippen LogP contribution < -0.4 is 0 Å². The van der Waals surface area contributed by atoms with Gasteiger partial charge in [0, 0.05) is 5.41 Å². The zero-order chi connectivity index (χ0) is 41.8. The van der Waals surface area contributed by atoms with Gasteiger partial charge in [0.05, 0.1) is 37.4 Å². The van der Waals surface area contributed by atoms with Crippen LogP contribution in [0.25, 0.3) is 0 Å². The van der Waals surface area contributed by atoms with Crippen molar-refractivity contribution < 1.29 is 74.8 Å². The van der Waals surface area contributed by atoms with Gasteiger partial charge in [-0.3, -0.25) is 4.79 Å². The zero-order valence-electron chi connectivity index (χ0n) is 34.2. The van der Waals surface area contributed by atoms with E-state index in [2.05, 4.69) is 40.7 Å². The molecular weight excluding hydrogens is 744 g/mol. The van der Waals surface area contributed by atoms with E-state index in [1.807, 2.05) is 6.92 Å². The molecule has 20 atom stereocenters. The quantitative estimate of drug-likeness (QED) is 0.120. The molecule has 6 fully saturated rings. The molecule has 0 radical (unpaired) electrons. The number of aliphatic hydroxyl groups excluding tert-OH is 9. The number of carboxylic acid groups (broad SMARTS) is 1. The third kappa shape index (κ3) is 6.43. The number of hydrogen-bond donors (Lipinski definition) is 10. The van der Waals surface area contributed by atoms with Crippen molar-refractivity contribution in [3.63, 3.8) is 0 Å². The molecule has 0 aromatic heterocycles. The molecule has 0 aromatic rings. The van der Waals surface area contributed by atoms with Gasteiger partial charge in [0.15, 0.2) is 12.6 Å². The number of allylic oxidation sites excluding steroid dienone is 2. The van der Waals surface area contributed by atoms with Crippen LogP contribution in [0.15, 0.2) is 11.6 Å². The Hall–Kier alpha value is -1.31. The Balaban J connectivity index is 1.13. The highest BCUT2D eigenvalue weighted by atomic mass is 16.7. The number of aliphatic carboxylic acids is 1. The predicted octanol–water partition coefficient (Wildman–Crippen LogP) is 0.825. The summed E-state index contributed by atoms with van der Waals surface area (Å²) in [7, 11) is 0. The van der Waals surface area contributed by atoms with Crippen LogP contribution in [-0.4, -0.2) is 150 Å². The Kier molecular flexibility index (Phi) is 11.5. The third-order valence-corrected chi connectivity index (χ3v) is 17.4. The monoisotopic (exact) mass is 812 g/mol. The maximum atomic E-state index is 13.1. The van der Waals surface area contributed by atoms with Gasteiger partial charge in [0.1, 0.15) is 48.8 Å². The molecule has 7 rings (SSSR count). The van der Waals surface area contributed by atoms with E-state index in [4.69, 9.17) is 18.9 Å². The van der Waals surface area contributed by atoms with Crippen LogP contribution in [0.2, 0.25) is 0 Å². The van der Waals surface area contributed by atoms with Crippen molar-refractivity contribution in [3.05, 3.63) is 11.6 Å². The fourth-order valence-corrected chi connectivity index (χ4v) is 13.8. The van der Waals surface area contributed by atoms with Crippen LogP contribution in [0.1, 0.15) is 99.3 Å². The fraction of sp³-hybridized carbons (Fsp3) is 0.929. The van der Waals surface area contributed by atoms with Crippen molar-refractivity contribution in [2.45, 2.75) is 173 Å². The fourth-order valence-electron chi connectivity index (χ4n) is 13.8. The summed E-state index contributed by atoms with van der Waals surface area (Å²) in [4.78, 5) is 13.1. The Bertz CT molecular complexity index is 1540. The van der Waals surface area contributed by atoms with Crippen LogP contribution in [0.5, 0.6) is 0 Å². The number of carbonyl (C=O) groups is 1. The van der Waals surface area contributed by atoms with E-state index >= 15 is 0 Å². The molecule has 2 heterocycles. The lowest BCUT2D eigenvalue weighted by Crippen LogP contribution is -2.70. The van der Waals surface area contributed by atoms with Gasteiger partial charge < -0.3 is 70.0 Å². The molecule has 15 heteroatoms. The van der Waals surface area contributed by atoms with Crippen molar-refractivity contribution in [2.75, 3.05) is 19.8 Å². The first-order chi connectivity index (χ1) is 26.6. The Morgan fingerprint density at radius 3 is 1.98 bits per heavy atom. The summed E-state index contributed by atoms with van der Waals surface area (Å²) in [6.45, 7) is 11.5. The molecule has 7 aliphatic rings. The van der Waals surface area contributed by atoms with Crippen molar-refractivity contribution in [1.82, 2.24) is 0 Å². The summed E-state index contributed by atoms with van der Waals surface area (Å²) < 4.78 is 23.5. The molecule has 0 bridgehead atoms. The van der Waals surface area contributed by atoms with Crippen LogP contribution in [0, 0.1) is 50.2 Å². The van der Waals surface area contributed by atoms with E-state index in [-0.39, 0.29) is 40.6 Å². The van der Waals surface area contributed by atoms with Crippen molar-refractivity contribution in [2.24, 2.45) is 50.2 Å². The van der Waals surface area contributed by atoms with Crippen LogP contribution in [-0.2, 0) is 23.7 Å². The van der Waals surface area contributed by atoms with E-state index in [1.165, 1.54) is 5.57 Å². The zero-order valence-corrected chi connectivity index (χ0v) is 34.2. The van der Waals surface area contributed by atoms with Gasteiger partial charge in [0.25, 0.3) is 0 Å². The number of ether oxygens (including phenoxy) is 4. The molecule has 0 aromatic carbocycles. The number of carboxylic acids is 1. The second-order valence-electron chi connectivity index (χ2n) is 20.7. The van der Waals surface area contributed by atoms with E-state index < -0.39 is 109 Å². The molecule has 5 aliphatic carbocycles. The molecule has 0 amide bonds. The number of aliphatic hydroxyl groups is 9. The highest BCUT2D eigenvalue weighted by Crippen LogP contribution is 2.76. The number of rotatable bonds is 8. The van der Waals surface area contributed by atoms with E-state index in [1.54, 1.807) is 0 Å². The van der Waals surface area contributed by atoms with Crippen molar-refractivity contribution in [3.8, 4) is 0 Å². The second kappa shape index (κ2) is 14.9. The van der Waals surface area contributed by atoms with Crippen LogP contribution in [0.4, 0.5) is 0 Å². The average Bonchev–Trinajstić information content (AvgIpc) is 3.15. The maximum Gasteiger partial charge on any atom is 0.310 e. The Labute approximate surface area is 335 Å². The van der Waals surface area contributed by atoms with E-state index in [0.29, 0.717) is 25.7 Å². The van der Waals surface area contributed by atoms with E-state index in [0.717, 1.165) is 32.1 Å². The Morgan fingerprint density at radius 2 is 1.35 bits per heavy atom. The van der Waals surface area contributed by atoms with Gasteiger partial charge in [-0.15, -0.1) is 0 Å². The standard InChI is InChI=1S/C42H68O15/c1-37(2)11-13-42(36(52)53)14-12-40(5)20(21(42)15-37)7-8-26-38(3)16-22(46)33(39(4,19-45)25(38)9-10-41(26,40)6)57-35-31(51)29(49)32(24(18-44)55-35)56-34-30(50)28(48)27(47)23(17-43)54-34/h7,21-35,43-51H,8-19H2,1-6H3,(H,52,53)/t21-,22+,23+,24+,25+,26+,27+,28-,29+,30+,31+,32+,33-,34-,35-,38-,39-,40-,41+,42+/m1/s1. The Morgan fingerprint density at radius 1 is 0.737 bits per heavy atom. The van der Waals surface area contributed by atoms with Gasteiger partial charge >= 0.3 is 5.97 Å². The predicted molar refractivity (Wildman–Crippen MR) is 201 cm³/mol. The molecule has 0 unspecified atom stereocenters. The molecule has 10 N–H and O–H groups in total. The second-order valence-corrected chi connectivity index (χ2v) is 20.7. The summed E-state index contributed by atoms with van der Waals surface area (Å²) >= 11 is 0. The minimum absolute atomic E-state index is 0.0383. The SMILES string of the molecule is CC1(C)CC[C@]2(C(=O)O)CC[C@]3(C)C(=CC[C@H]4[C@]5(C)C[C@H](O)[C@@H](O[C@H]6O[C@@H](CO)[C@H](O[C@H]7O[C@@H](CO)[C@H](O)[C@@H](O)[C@@H]7O)[C@@H](O)[C@@H]6O)[C@](C)(CO)[C@H]5CC[C@@]43C)[C@H]2C1. The van der Waals surface area contributed by atoms with Gasteiger partial charge in [-0.1, -0.05) is 53.2 Å². The lowest BCUT2D eigenvalue weighted by atomic mass is 9.33. The molecule has 2 saturated heterocycles. The number of fused-ring (bicyclic) bond motifs is 7. The largest absolute Gasteiger partial charge is 0.481 e. The summed E-state index contributed by atoms with van der Waals surface area (Å²) in [6.07, 6.45) is -9.67. The van der Waals surface area contributed by atoms with Gasteiger partial charge in [-0.2, -0.15) is 0 Å². The average molecular weight is 813 g/mol. The molecule has 57 heavy (non-hydrogen) atoms. The van der Waals surface area contributed by atoms with Gasteiger partial charge in [-0.05, 0) is 97.2 Å². The summed E-state index contributed by atoms with van der Waals surface area (Å²) in [5.41, 5.74) is -1.40. The number of hydrogen-bond acceptors (Lipinski definition) is 14. The highest BCUT2D eigenvalue weighted by molar-refractivity contribution is 5.76. The van der Waals surface area contributed by atoms with Gasteiger partial charge in [0.2, 0.25) is 0 Å². The lowest BCUT2D eigenvalue weighted by molar-refractivity contribution is -0.374. The van der Waals surface area contributed by atoms with Crippen molar-refractivity contribution in [1.29, 1.82) is 0 Å². The molecule has 15 nitrogen and oxygen atoms in total. The summed E-state index contributed by atoms with van der Waals surface area (Å²) in [5.74, 6) is -0.765. The lowest BCUT2D eigenvalue weighted by Gasteiger charge is -2.71. The summed E-state index contributed by atoms with van der Waals surface area (Å²) in [6, 6.07) is 0. The van der Waals surface area contributed by atoms with Gasteiger partial charge in [-0.25, -0.2) is 0 Å². The van der Waals surface area contributed by atoms with Crippen molar-refractivity contribution >= 4 is 5.97 Å². The van der Waals surface area contributed by atoms with Crippen LogP contribution >= 0.6 is 0 Å². The third-order valence-electron chi connectivity index (χ3n) is 17.4. The van der Waals surface area contributed by atoms with E-state index in [9.17, 15) is 55.9 Å². The summed E-state index contributed by atoms with van der Waals surface area (Å²) in [5, 5.41) is 108. The first-order valence-corrected chi connectivity index (χ1v) is 21.1. The normalized spacial score (nSPS) is 54.7. The molecule has 4 saturated carbocycles. The molecule has 2 aliphatic heterocycles. The maximum absolute atomic E-state index is 13.1. The molecule has 326 valence electrons. The minimum atomic E-state index is -1.81. The topological polar surface area (TPSA) is 256 Å². The smallest absolute Gasteiger partial charge is 0.310 e. The minimum Gasteiger partial charge on any atom is -0.481 e. The van der Waals surface area contributed by atoms with Crippen LogP contribution in [0.3, 0.4) is 0 Å². The first-order valence-electron chi connectivity index (χ1n) is 21.1. The molecular formula is C42H68O15. The molecule has 0 spiro atoms.